The van der Waals surface area contributed by atoms with Gasteiger partial charge < -0.3 is 20.3 Å². The van der Waals surface area contributed by atoms with E-state index in [2.05, 4.69) is 0 Å². The van der Waals surface area contributed by atoms with Gasteiger partial charge in [-0.25, -0.2) is 0 Å². The second kappa shape index (κ2) is 8.19. The number of ether oxygens (including phenoxy) is 2. The number of hydrogen-bond donors (Lipinski definition) is 2. The van der Waals surface area contributed by atoms with Gasteiger partial charge in [0.2, 0.25) is 0 Å². The molecule has 1 rings (SSSR count). The minimum atomic E-state index is -0.530. The molecule has 0 unspecified atom stereocenters. The van der Waals surface area contributed by atoms with Crippen LogP contribution in [-0.2, 0) is 0 Å². The van der Waals surface area contributed by atoms with Gasteiger partial charge >= 0.3 is 0 Å². The number of rotatable bonds is 6. The highest BCUT2D eigenvalue weighted by molar-refractivity contribution is 5.85. The van der Waals surface area contributed by atoms with E-state index >= 15 is 0 Å². The summed E-state index contributed by atoms with van der Waals surface area (Å²) in [5.74, 6) is 1.29. The average Bonchev–Trinajstić information content (AvgIpc) is 2.37. The standard InChI is InChI=1S/C13H21NO3.ClH/c1-4-5-10(15)13(14)9-6-7-11(16-2)12(8-9)17-3;/h6-8,10,13,15H,4-5,14H2,1-3H3;1H/t10-,13+;/m0./s1. The molecule has 3 N–H and O–H groups in total. The molecule has 0 aromatic heterocycles. The highest BCUT2D eigenvalue weighted by atomic mass is 35.5. The predicted octanol–water partition coefficient (Wildman–Crippen LogP) is 2.29. The molecule has 0 heterocycles. The van der Waals surface area contributed by atoms with Crippen LogP contribution in [0.25, 0.3) is 0 Å². The van der Waals surface area contributed by atoms with Crippen molar-refractivity contribution in [3.8, 4) is 11.5 Å². The summed E-state index contributed by atoms with van der Waals surface area (Å²) >= 11 is 0. The van der Waals surface area contributed by atoms with E-state index in [1.54, 1.807) is 20.3 Å². The second-order valence-corrected chi connectivity index (χ2v) is 4.00. The molecule has 0 saturated carbocycles. The Morgan fingerprint density at radius 2 is 1.83 bits per heavy atom. The van der Waals surface area contributed by atoms with Gasteiger partial charge in [0.05, 0.1) is 26.4 Å². The van der Waals surface area contributed by atoms with Gasteiger partial charge in [0.15, 0.2) is 11.5 Å². The lowest BCUT2D eigenvalue weighted by atomic mass is 9.99. The molecule has 1 aromatic carbocycles. The van der Waals surface area contributed by atoms with Crippen LogP contribution >= 0.6 is 12.4 Å². The number of methoxy groups -OCH3 is 2. The van der Waals surface area contributed by atoms with Crippen molar-refractivity contribution in [3.63, 3.8) is 0 Å². The van der Waals surface area contributed by atoms with Crippen LogP contribution in [0.3, 0.4) is 0 Å². The molecule has 5 heteroatoms. The normalized spacial score (nSPS) is 13.4. The van der Waals surface area contributed by atoms with Gasteiger partial charge in [-0.15, -0.1) is 12.4 Å². The third kappa shape index (κ3) is 4.05. The Kier molecular flexibility index (Phi) is 7.75. The van der Waals surface area contributed by atoms with E-state index in [0.29, 0.717) is 17.9 Å². The zero-order valence-corrected chi connectivity index (χ0v) is 11.9. The van der Waals surface area contributed by atoms with Gasteiger partial charge in [-0.3, -0.25) is 0 Å². The largest absolute Gasteiger partial charge is 0.493 e. The monoisotopic (exact) mass is 275 g/mol. The van der Waals surface area contributed by atoms with Crippen LogP contribution in [0.2, 0.25) is 0 Å². The van der Waals surface area contributed by atoms with Crippen molar-refractivity contribution in [2.24, 2.45) is 5.73 Å². The van der Waals surface area contributed by atoms with Crippen molar-refractivity contribution in [2.75, 3.05) is 14.2 Å². The summed E-state index contributed by atoms with van der Waals surface area (Å²) in [7, 11) is 3.17. The number of halogens is 1. The smallest absolute Gasteiger partial charge is 0.161 e. The van der Waals surface area contributed by atoms with Crippen molar-refractivity contribution in [1.82, 2.24) is 0 Å². The topological polar surface area (TPSA) is 64.7 Å². The molecular formula is C13H22ClNO3. The van der Waals surface area contributed by atoms with Crippen LogP contribution in [0.1, 0.15) is 31.4 Å². The summed E-state index contributed by atoms with van der Waals surface area (Å²) in [5.41, 5.74) is 6.84. The van der Waals surface area contributed by atoms with E-state index in [0.717, 1.165) is 12.0 Å². The lowest BCUT2D eigenvalue weighted by Gasteiger charge is -2.19. The number of hydrogen-bond acceptors (Lipinski definition) is 4. The molecule has 0 aliphatic rings. The van der Waals surface area contributed by atoms with Crippen molar-refractivity contribution < 1.29 is 14.6 Å². The minimum Gasteiger partial charge on any atom is -0.493 e. The first-order chi connectivity index (χ1) is 8.13. The molecule has 104 valence electrons. The quantitative estimate of drug-likeness (QED) is 0.836. The van der Waals surface area contributed by atoms with Gasteiger partial charge in [0.25, 0.3) is 0 Å². The van der Waals surface area contributed by atoms with Gasteiger partial charge in [-0.05, 0) is 24.1 Å². The van der Waals surface area contributed by atoms with E-state index in [4.69, 9.17) is 15.2 Å². The summed E-state index contributed by atoms with van der Waals surface area (Å²) in [6.07, 6.45) is 1.07. The summed E-state index contributed by atoms with van der Waals surface area (Å²) < 4.78 is 10.4. The highest BCUT2D eigenvalue weighted by Crippen LogP contribution is 2.30. The maximum Gasteiger partial charge on any atom is 0.161 e. The minimum absolute atomic E-state index is 0. The lowest BCUT2D eigenvalue weighted by Crippen LogP contribution is -2.25. The van der Waals surface area contributed by atoms with Crippen LogP contribution in [0.5, 0.6) is 11.5 Å². The molecule has 0 fully saturated rings. The third-order valence-electron chi connectivity index (χ3n) is 2.79. The SMILES string of the molecule is CCC[C@H](O)[C@H](N)c1ccc(OC)c(OC)c1.Cl. The van der Waals surface area contributed by atoms with E-state index in [-0.39, 0.29) is 12.4 Å². The Hall–Kier alpha value is -0.970. The van der Waals surface area contributed by atoms with Crippen LogP contribution in [0.15, 0.2) is 18.2 Å². The Morgan fingerprint density at radius 1 is 1.22 bits per heavy atom. The summed E-state index contributed by atoms with van der Waals surface area (Å²) in [4.78, 5) is 0. The molecule has 18 heavy (non-hydrogen) atoms. The Balaban J connectivity index is 0.00000289. The predicted molar refractivity (Wildman–Crippen MR) is 74.6 cm³/mol. The second-order valence-electron chi connectivity index (χ2n) is 4.00. The Labute approximate surface area is 115 Å². The first-order valence-electron chi connectivity index (χ1n) is 5.79. The van der Waals surface area contributed by atoms with Gasteiger partial charge in [0, 0.05) is 0 Å². The molecule has 0 bridgehead atoms. The van der Waals surface area contributed by atoms with Gasteiger partial charge in [0.1, 0.15) is 0 Å². The summed E-state index contributed by atoms with van der Waals surface area (Å²) in [6.45, 7) is 2.02. The molecule has 2 atom stereocenters. The van der Waals surface area contributed by atoms with Crippen LogP contribution in [0, 0.1) is 0 Å². The number of benzene rings is 1. The summed E-state index contributed by atoms with van der Waals surface area (Å²) in [5, 5.41) is 9.86. The third-order valence-corrected chi connectivity index (χ3v) is 2.79. The highest BCUT2D eigenvalue weighted by Gasteiger charge is 2.17. The van der Waals surface area contributed by atoms with E-state index in [1.807, 2.05) is 19.1 Å². The number of aliphatic hydroxyl groups excluding tert-OH is 1. The molecule has 0 aliphatic carbocycles. The fourth-order valence-electron chi connectivity index (χ4n) is 1.76. The molecule has 0 spiro atoms. The molecule has 0 radical (unpaired) electrons. The van der Waals surface area contributed by atoms with E-state index < -0.39 is 12.1 Å². The fraction of sp³-hybridized carbons (Fsp3) is 0.538. The van der Waals surface area contributed by atoms with Crippen molar-refractivity contribution in [2.45, 2.75) is 31.9 Å². The number of nitrogens with two attached hydrogens (primary N) is 1. The lowest BCUT2D eigenvalue weighted by molar-refractivity contribution is 0.134. The zero-order chi connectivity index (χ0) is 12.8. The van der Waals surface area contributed by atoms with Gasteiger partial charge in [-0.2, -0.15) is 0 Å². The first-order valence-corrected chi connectivity index (χ1v) is 5.79. The Morgan fingerprint density at radius 3 is 2.33 bits per heavy atom. The molecular weight excluding hydrogens is 254 g/mol. The van der Waals surface area contributed by atoms with Crippen molar-refractivity contribution >= 4 is 12.4 Å². The maximum absolute atomic E-state index is 9.86. The fourth-order valence-corrected chi connectivity index (χ4v) is 1.76. The summed E-state index contributed by atoms with van der Waals surface area (Å²) in [6, 6.07) is 5.06. The molecule has 4 nitrogen and oxygen atoms in total. The molecule has 0 saturated heterocycles. The van der Waals surface area contributed by atoms with Crippen molar-refractivity contribution in [3.05, 3.63) is 23.8 Å². The Bertz CT molecular complexity index is 360. The maximum atomic E-state index is 9.86. The van der Waals surface area contributed by atoms with Crippen LogP contribution in [0.4, 0.5) is 0 Å². The zero-order valence-electron chi connectivity index (χ0n) is 11.1. The molecule has 1 aromatic rings. The van der Waals surface area contributed by atoms with Crippen molar-refractivity contribution in [1.29, 1.82) is 0 Å². The van der Waals surface area contributed by atoms with E-state index in [1.165, 1.54) is 0 Å². The first kappa shape index (κ1) is 17.0. The van der Waals surface area contributed by atoms with Crippen LogP contribution in [-0.4, -0.2) is 25.4 Å². The number of aliphatic hydroxyl groups is 1. The average molecular weight is 276 g/mol. The van der Waals surface area contributed by atoms with Gasteiger partial charge in [-0.1, -0.05) is 19.4 Å². The molecule has 0 amide bonds. The molecule has 0 aliphatic heterocycles. The van der Waals surface area contributed by atoms with E-state index in [9.17, 15) is 5.11 Å². The van der Waals surface area contributed by atoms with Crippen LogP contribution < -0.4 is 15.2 Å².